The quantitative estimate of drug-likeness (QED) is 0.191. The number of fused-ring (bicyclic) bond motifs is 1. The molecule has 6 nitrogen and oxygen atoms in total. The molecule has 1 aliphatic heterocycles. The van der Waals surface area contributed by atoms with Gasteiger partial charge in [0.15, 0.2) is 5.13 Å². The van der Waals surface area contributed by atoms with Crippen LogP contribution in [0.1, 0.15) is 49.1 Å². The number of nitrogens with zero attached hydrogens (tertiary/aromatic N) is 2. The number of hydrogen-bond donors (Lipinski definition) is 1. The minimum atomic E-state index is -0.832. The molecule has 0 saturated carbocycles. The van der Waals surface area contributed by atoms with Gasteiger partial charge in [-0.05, 0) is 53.3 Å². The fraction of sp³-hybridized carbons (Fsp3) is 0.233. The predicted octanol–water partition coefficient (Wildman–Crippen LogP) is 6.54. The Morgan fingerprint density at radius 1 is 1.03 bits per heavy atom. The fourth-order valence-electron chi connectivity index (χ4n) is 4.56. The van der Waals surface area contributed by atoms with E-state index in [0.29, 0.717) is 22.0 Å². The number of thiazole rings is 1. The number of hydrogen-bond acceptors (Lipinski definition) is 6. The Bertz CT molecular complexity index is 1560. The Morgan fingerprint density at radius 3 is 2.43 bits per heavy atom. The number of aryl methyl sites for hydroxylation is 1. The summed E-state index contributed by atoms with van der Waals surface area (Å²) in [5, 5.41) is 11.8. The zero-order chi connectivity index (χ0) is 26.5. The molecule has 0 radical (unpaired) electrons. The molecule has 0 aliphatic carbocycles. The van der Waals surface area contributed by atoms with Crippen LogP contribution in [0, 0.1) is 6.92 Å². The molecule has 4 aromatic rings. The molecule has 1 saturated heterocycles. The van der Waals surface area contributed by atoms with Crippen LogP contribution in [0.2, 0.25) is 0 Å². The van der Waals surface area contributed by atoms with E-state index in [0.717, 1.165) is 21.3 Å². The van der Waals surface area contributed by atoms with Crippen molar-refractivity contribution in [2.24, 2.45) is 0 Å². The van der Waals surface area contributed by atoms with Crippen LogP contribution in [0.3, 0.4) is 0 Å². The second-order valence-corrected chi connectivity index (χ2v) is 11.2. The molecule has 5 rings (SSSR count). The molecule has 0 spiro atoms. The molecular weight excluding hydrogens is 484 g/mol. The molecule has 1 N–H and O–H groups in total. The summed E-state index contributed by atoms with van der Waals surface area (Å²) in [6, 6.07) is 19.7. The smallest absolute Gasteiger partial charge is 0.301 e. The van der Waals surface area contributed by atoms with E-state index >= 15 is 0 Å². The van der Waals surface area contributed by atoms with Crippen molar-refractivity contribution < 1.29 is 19.4 Å². The molecule has 1 unspecified atom stereocenters. The average molecular weight is 513 g/mol. The molecule has 1 fully saturated rings. The summed E-state index contributed by atoms with van der Waals surface area (Å²) < 4.78 is 6.22. The Kier molecular flexibility index (Phi) is 6.12. The number of rotatable bonds is 4. The monoisotopic (exact) mass is 512 g/mol. The van der Waals surface area contributed by atoms with E-state index in [1.807, 2.05) is 49.4 Å². The second-order valence-electron chi connectivity index (χ2n) is 10.2. The first-order chi connectivity index (χ1) is 17.6. The number of amides is 1. The molecule has 7 heteroatoms. The van der Waals surface area contributed by atoms with Crippen LogP contribution < -0.4 is 9.64 Å². The van der Waals surface area contributed by atoms with Gasteiger partial charge >= 0.3 is 5.91 Å². The molecule has 0 bridgehead atoms. The summed E-state index contributed by atoms with van der Waals surface area (Å²) in [7, 11) is 1.53. The number of aliphatic hydroxyl groups is 1. The van der Waals surface area contributed by atoms with Crippen molar-refractivity contribution in [3.05, 3.63) is 94.6 Å². The number of methoxy groups -OCH3 is 1. The maximum absolute atomic E-state index is 13.5. The topological polar surface area (TPSA) is 79.7 Å². The lowest BCUT2D eigenvalue weighted by Gasteiger charge is -2.24. The largest absolute Gasteiger partial charge is 0.507 e. The second kappa shape index (κ2) is 9.16. The zero-order valence-electron chi connectivity index (χ0n) is 21.4. The average Bonchev–Trinajstić information content (AvgIpc) is 3.40. The standard InChI is InChI=1S/C30H28N2O4S/c1-17-9-14-22-23(15-17)37-29(31-22)32-25(18-10-12-20(13-11-18)30(2,3)4)24(27(34)28(32)35)26(33)19-7-6-8-21(16-19)36-5/h6-16,25,33H,1-5H3/b26-24+. The lowest BCUT2D eigenvalue weighted by atomic mass is 9.85. The summed E-state index contributed by atoms with van der Waals surface area (Å²) in [5.74, 6) is -1.18. The van der Waals surface area contributed by atoms with Gasteiger partial charge in [-0.1, -0.05) is 74.6 Å². The highest BCUT2D eigenvalue weighted by Gasteiger charge is 2.48. The summed E-state index contributed by atoms with van der Waals surface area (Å²) in [6.07, 6.45) is 0. The highest BCUT2D eigenvalue weighted by atomic mass is 32.1. The third-order valence-electron chi connectivity index (χ3n) is 6.62. The first-order valence-electron chi connectivity index (χ1n) is 12.0. The van der Waals surface area contributed by atoms with E-state index in [2.05, 4.69) is 20.8 Å². The lowest BCUT2D eigenvalue weighted by molar-refractivity contribution is -0.132. The SMILES string of the molecule is COc1cccc(/C(O)=C2\C(=O)C(=O)N(c3nc4ccc(C)cc4s3)C2c2ccc(C(C)(C)C)cc2)c1. The molecule has 1 amide bonds. The van der Waals surface area contributed by atoms with E-state index in [1.54, 1.807) is 24.3 Å². The molecule has 37 heavy (non-hydrogen) atoms. The number of benzene rings is 3. The third-order valence-corrected chi connectivity index (χ3v) is 7.64. The Labute approximate surface area is 219 Å². The maximum Gasteiger partial charge on any atom is 0.301 e. The number of aromatic nitrogens is 1. The number of aliphatic hydroxyl groups excluding tert-OH is 1. The van der Waals surface area contributed by atoms with Crippen molar-refractivity contribution >= 4 is 44.1 Å². The molecule has 1 aliphatic rings. The summed E-state index contributed by atoms with van der Waals surface area (Å²) in [5.41, 5.74) is 4.03. The number of ketones is 1. The van der Waals surface area contributed by atoms with Gasteiger partial charge in [-0.25, -0.2) is 4.98 Å². The first-order valence-corrected chi connectivity index (χ1v) is 12.8. The molecule has 1 atom stereocenters. The maximum atomic E-state index is 13.5. The molecule has 188 valence electrons. The van der Waals surface area contributed by atoms with E-state index in [4.69, 9.17) is 9.72 Å². The third kappa shape index (κ3) is 4.40. The lowest BCUT2D eigenvalue weighted by Crippen LogP contribution is -2.29. The van der Waals surface area contributed by atoms with E-state index in [-0.39, 0.29) is 16.7 Å². The van der Waals surface area contributed by atoms with Crippen molar-refractivity contribution in [2.45, 2.75) is 39.2 Å². The zero-order valence-corrected chi connectivity index (χ0v) is 22.2. The van der Waals surface area contributed by atoms with Crippen molar-refractivity contribution in [3.63, 3.8) is 0 Å². The van der Waals surface area contributed by atoms with Crippen LogP contribution in [0.25, 0.3) is 16.0 Å². The van der Waals surface area contributed by atoms with Crippen LogP contribution in [0.4, 0.5) is 5.13 Å². The Morgan fingerprint density at radius 2 is 1.76 bits per heavy atom. The predicted molar refractivity (Wildman–Crippen MR) is 147 cm³/mol. The van der Waals surface area contributed by atoms with Crippen molar-refractivity contribution in [2.75, 3.05) is 12.0 Å². The van der Waals surface area contributed by atoms with Gasteiger partial charge in [0.1, 0.15) is 11.5 Å². The highest BCUT2D eigenvalue weighted by Crippen LogP contribution is 2.44. The van der Waals surface area contributed by atoms with Gasteiger partial charge in [0.25, 0.3) is 5.78 Å². The molecule has 1 aromatic heterocycles. The van der Waals surface area contributed by atoms with Gasteiger partial charge < -0.3 is 9.84 Å². The summed E-state index contributed by atoms with van der Waals surface area (Å²) in [6.45, 7) is 8.37. The molecule has 3 aromatic carbocycles. The van der Waals surface area contributed by atoms with Crippen molar-refractivity contribution in [3.8, 4) is 5.75 Å². The number of carbonyl (C=O) groups excluding carboxylic acids is 2. The fourth-order valence-corrected chi connectivity index (χ4v) is 5.65. The van der Waals surface area contributed by atoms with Crippen molar-refractivity contribution in [1.82, 2.24) is 4.98 Å². The summed E-state index contributed by atoms with van der Waals surface area (Å²) in [4.78, 5) is 33.1. The Balaban J connectivity index is 1.72. The van der Waals surface area contributed by atoms with Crippen LogP contribution in [0.5, 0.6) is 5.75 Å². The van der Waals surface area contributed by atoms with Gasteiger partial charge in [-0.3, -0.25) is 14.5 Å². The van der Waals surface area contributed by atoms with Gasteiger partial charge in [0.05, 0.1) is 28.9 Å². The minimum absolute atomic E-state index is 0.0252. The van der Waals surface area contributed by atoms with Gasteiger partial charge in [0, 0.05) is 5.56 Å². The van der Waals surface area contributed by atoms with Crippen LogP contribution in [0.15, 0.2) is 72.3 Å². The van der Waals surface area contributed by atoms with Crippen LogP contribution in [-0.4, -0.2) is 28.9 Å². The van der Waals surface area contributed by atoms with E-state index in [9.17, 15) is 14.7 Å². The number of Topliss-reactive ketones (excluding diaryl/α,β-unsaturated/α-hetero) is 1. The summed E-state index contributed by atoms with van der Waals surface area (Å²) >= 11 is 1.35. The van der Waals surface area contributed by atoms with Crippen LogP contribution in [-0.2, 0) is 15.0 Å². The normalized spacial score (nSPS) is 17.5. The Hall–Kier alpha value is -3.97. The van der Waals surface area contributed by atoms with Gasteiger partial charge in [-0.15, -0.1) is 0 Å². The number of anilines is 1. The number of carbonyl (C=O) groups is 2. The molecule has 2 heterocycles. The van der Waals surface area contributed by atoms with Gasteiger partial charge in [0.2, 0.25) is 0 Å². The minimum Gasteiger partial charge on any atom is -0.507 e. The molecular formula is C30H28N2O4S. The number of ether oxygens (including phenoxy) is 1. The highest BCUT2D eigenvalue weighted by molar-refractivity contribution is 7.22. The first kappa shape index (κ1) is 24.7. The van der Waals surface area contributed by atoms with Crippen molar-refractivity contribution in [1.29, 1.82) is 0 Å². The van der Waals surface area contributed by atoms with Crippen LogP contribution >= 0.6 is 11.3 Å². The van der Waals surface area contributed by atoms with E-state index < -0.39 is 17.7 Å². The van der Waals surface area contributed by atoms with Gasteiger partial charge in [-0.2, -0.15) is 0 Å². The van der Waals surface area contributed by atoms with E-state index in [1.165, 1.54) is 23.3 Å².